The summed E-state index contributed by atoms with van der Waals surface area (Å²) in [6.07, 6.45) is 6.41. The van der Waals surface area contributed by atoms with Gasteiger partial charge in [0, 0.05) is 25.5 Å². The van der Waals surface area contributed by atoms with Crippen molar-refractivity contribution >= 4 is 31.6 Å². The van der Waals surface area contributed by atoms with Crippen molar-refractivity contribution in [2.24, 2.45) is 5.92 Å². The molecule has 0 radical (unpaired) electrons. The minimum absolute atomic E-state index is 0.370. The van der Waals surface area contributed by atoms with E-state index in [0.29, 0.717) is 23.9 Å². The van der Waals surface area contributed by atoms with Crippen molar-refractivity contribution in [1.82, 2.24) is 14.3 Å². The Morgan fingerprint density at radius 1 is 1.20 bits per heavy atom. The van der Waals surface area contributed by atoms with Crippen molar-refractivity contribution in [3.63, 3.8) is 0 Å². The standard InChI is InChI=1S/C18H19N3O2S2/c22-25(23,16-3-4-17-18(11-16)24-13-20-17)21-8-5-14(6-9-21)10-15-2-1-7-19-12-15/h1-4,7,11-14H,5-6,8-10H2. The first kappa shape index (κ1) is 16.6. The van der Waals surface area contributed by atoms with Crippen molar-refractivity contribution in [1.29, 1.82) is 0 Å². The van der Waals surface area contributed by atoms with Crippen LogP contribution in [0.25, 0.3) is 10.2 Å². The van der Waals surface area contributed by atoms with Crippen LogP contribution in [0.2, 0.25) is 0 Å². The SMILES string of the molecule is O=S(=O)(c1ccc2ncsc2c1)N1CCC(Cc2cccnc2)CC1. The molecule has 2 aromatic heterocycles. The first-order valence-corrected chi connectivity index (χ1v) is 10.7. The molecule has 3 aromatic rings. The highest BCUT2D eigenvalue weighted by Gasteiger charge is 2.29. The summed E-state index contributed by atoms with van der Waals surface area (Å²) in [6, 6.07) is 9.22. The summed E-state index contributed by atoms with van der Waals surface area (Å²) < 4.78 is 28.4. The predicted octanol–water partition coefficient (Wildman–Crippen LogP) is 3.33. The fourth-order valence-corrected chi connectivity index (χ4v) is 5.64. The van der Waals surface area contributed by atoms with E-state index in [1.54, 1.807) is 34.2 Å². The Morgan fingerprint density at radius 2 is 2.04 bits per heavy atom. The van der Waals surface area contributed by atoms with Crippen LogP contribution in [-0.2, 0) is 16.4 Å². The highest BCUT2D eigenvalue weighted by atomic mass is 32.2. The average Bonchev–Trinajstić information content (AvgIpc) is 3.11. The fourth-order valence-electron chi connectivity index (χ4n) is 3.35. The Morgan fingerprint density at radius 3 is 2.80 bits per heavy atom. The molecule has 1 fully saturated rings. The number of piperidine rings is 1. The molecule has 1 saturated heterocycles. The minimum Gasteiger partial charge on any atom is -0.264 e. The molecule has 1 aromatic carbocycles. The Balaban J connectivity index is 1.45. The van der Waals surface area contributed by atoms with E-state index >= 15 is 0 Å². The van der Waals surface area contributed by atoms with E-state index < -0.39 is 10.0 Å². The quantitative estimate of drug-likeness (QED) is 0.704. The van der Waals surface area contributed by atoms with Gasteiger partial charge in [0.05, 0.1) is 20.6 Å². The molecule has 5 nitrogen and oxygen atoms in total. The summed E-state index contributed by atoms with van der Waals surface area (Å²) in [7, 11) is -3.43. The highest BCUT2D eigenvalue weighted by molar-refractivity contribution is 7.89. The number of hydrogen-bond acceptors (Lipinski definition) is 5. The summed E-state index contributed by atoms with van der Waals surface area (Å²) in [5, 5.41) is 0. The molecule has 0 saturated carbocycles. The van der Waals surface area contributed by atoms with E-state index in [2.05, 4.69) is 16.0 Å². The molecule has 0 aliphatic carbocycles. The third-order valence-corrected chi connectivity index (χ3v) is 7.45. The molecule has 0 spiro atoms. The molecule has 1 aliphatic rings. The van der Waals surface area contributed by atoms with Crippen LogP contribution < -0.4 is 0 Å². The van der Waals surface area contributed by atoms with Crippen LogP contribution in [0.15, 0.2) is 53.1 Å². The van der Waals surface area contributed by atoms with Crippen molar-refractivity contribution in [2.75, 3.05) is 13.1 Å². The molecular weight excluding hydrogens is 354 g/mol. The lowest BCUT2D eigenvalue weighted by molar-refractivity contribution is 0.272. The van der Waals surface area contributed by atoms with Crippen molar-refractivity contribution in [3.8, 4) is 0 Å². The van der Waals surface area contributed by atoms with Gasteiger partial charge in [0.25, 0.3) is 0 Å². The molecule has 25 heavy (non-hydrogen) atoms. The molecule has 0 atom stereocenters. The maximum Gasteiger partial charge on any atom is 0.243 e. The second-order valence-corrected chi connectivity index (χ2v) is 9.22. The van der Waals surface area contributed by atoms with Crippen LogP contribution in [-0.4, -0.2) is 35.8 Å². The van der Waals surface area contributed by atoms with Gasteiger partial charge in [-0.25, -0.2) is 13.4 Å². The molecule has 4 rings (SSSR count). The van der Waals surface area contributed by atoms with E-state index in [9.17, 15) is 8.42 Å². The van der Waals surface area contributed by atoms with Gasteiger partial charge in [-0.05, 0) is 55.0 Å². The minimum atomic E-state index is -3.43. The summed E-state index contributed by atoms with van der Waals surface area (Å²) in [4.78, 5) is 8.73. The monoisotopic (exact) mass is 373 g/mol. The number of pyridine rings is 1. The van der Waals surface area contributed by atoms with Crippen molar-refractivity contribution < 1.29 is 8.42 Å². The lowest BCUT2D eigenvalue weighted by atomic mass is 9.92. The smallest absolute Gasteiger partial charge is 0.243 e. The van der Waals surface area contributed by atoms with E-state index in [0.717, 1.165) is 29.5 Å². The molecule has 0 amide bonds. The first-order valence-electron chi connectivity index (χ1n) is 8.35. The van der Waals surface area contributed by atoms with Gasteiger partial charge in [-0.15, -0.1) is 11.3 Å². The largest absolute Gasteiger partial charge is 0.264 e. The number of benzene rings is 1. The van der Waals surface area contributed by atoms with Gasteiger partial charge >= 0.3 is 0 Å². The maximum absolute atomic E-state index is 12.9. The Labute approximate surface area is 151 Å². The lowest BCUT2D eigenvalue weighted by Crippen LogP contribution is -2.38. The van der Waals surface area contributed by atoms with Crippen LogP contribution in [0.1, 0.15) is 18.4 Å². The lowest BCUT2D eigenvalue weighted by Gasteiger charge is -2.31. The third kappa shape index (κ3) is 3.44. The van der Waals surface area contributed by atoms with Crippen LogP contribution in [0.3, 0.4) is 0 Å². The van der Waals surface area contributed by atoms with Crippen molar-refractivity contribution in [2.45, 2.75) is 24.2 Å². The van der Waals surface area contributed by atoms with Gasteiger partial charge in [-0.3, -0.25) is 4.98 Å². The summed E-state index contributed by atoms with van der Waals surface area (Å²) in [5.74, 6) is 0.514. The number of thiazole rings is 1. The van der Waals surface area contributed by atoms with Crippen LogP contribution in [0.4, 0.5) is 0 Å². The van der Waals surface area contributed by atoms with Gasteiger partial charge in [-0.1, -0.05) is 6.07 Å². The first-order chi connectivity index (χ1) is 12.1. The van der Waals surface area contributed by atoms with E-state index in [4.69, 9.17) is 0 Å². The van der Waals surface area contributed by atoms with Gasteiger partial charge in [0.2, 0.25) is 10.0 Å². The molecule has 130 valence electrons. The molecular formula is C18H19N3O2S2. The Hall–Kier alpha value is -1.83. The van der Waals surface area contributed by atoms with E-state index in [1.165, 1.54) is 16.9 Å². The van der Waals surface area contributed by atoms with E-state index in [1.807, 2.05) is 12.3 Å². The van der Waals surface area contributed by atoms with Gasteiger partial charge in [0.15, 0.2) is 0 Å². The van der Waals surface area contributed by atoms with Gasteiger partial charge < -0.3 is 0 Å². The summed E-state index contributed by atoms with van der Waals surface area (Å²) >= 11 is 1.47. The molecule has 0 bridgehead atoms. The number of rotatable bonds is 4. The zero-order valence-electron chi connectivity index (χ0n) is 13.7. The number of nitrogens with zero attached hydrogens (tertiary/aromatic N) is 3. The second kappa shape index (κ2) is 6.82. The molecule has 3 heterocycles. The van der Waals surface area contributed by atoms with Crippen molar-refractivity contribution in [3.05, 3.63) is 53.8 Å². The van der Waals surface area contributed by atoms with E-state index in [-0.39, 0.29) is 0 Å². The number of sulfonamides is 1. The van der Waals surface area contributed by atoms with Crippen LogP contribution >= 0.6 is 11.3 Å². The number of fused-ring (bicyclic) bond motifs is 1. The predicted molar refractivity (Wildman–Crippen MR) is 99.0 cm³/mol. The van der Waals surface area contributed by atoms with Gasteiger partial charge in [-0.2, -0.15) is 4.31 Å². The third-order valence-electron chi connectivity index (χ3n) is 4.76. The Bertz CT molecular complexity index is 962. The van der Waals surface area contributed by atoms with Crippen LogP contribution in [0.5, 0.6) is 0 Å². The highest BCUT2D eigenvalue weighted by Crippen LogP contribution is 2.28. The Kier molecular flexibility index (Phi) is 4.54. The number of aromatic nitrogens is 2. The molecule has 1 aliphatic heterocycles. The normalized spacial score (nSPS) is 17.1. The molecule has 0 unspecified atom stereocenters. The topological polar surface area (TPSA) is 63.2 Å². The maximum atomic E-state index is 12.9. The fraction of sp³-hybridized carbons (Fsp3) is 0.333. The summed E-state index contributed by atoms with van der Waals surface area (Å²) in [5.41, 5.74) is 3.81. The average molecular weight is 374 g/mol. The van der Waals surface area contributed by atoms with Crippen LogP contribution in [0, 0.1) is 5.92 Å². The summed E-state index contributed by atoms with van der Waals surface area (Å²) in [6.45, 7) is 1.15. The zero-order valence-corrected chi connectivity index (χ0v) is 15.3. The van der Waals surface area contributed by atoms with Gasteiger partial charge in [0.1, 0.15) is 0 Å². The number of hydrogen-bond donors (Lipinski definition) is 0. The molecule has 0 N–H and O–H groups in total. The zero-order chi connectivity index (χ0) is 17.3. The molecule has 7 heteroatoms. The second-order valence-electron chi connectivity index (χ2n) is 6.39.